The number of hydrogen-bond acceptors (Lipinski definition) is 3. The fourth-order valence-electron chi connectivity index (χ4n) is 1.99. The van der Waals surface area contributed by atoms with Gasteiger partial charge >= 0.3 is 0 Å². The van der Waals surface area contributed by atoms with E-state index >= 15 is 0 Å². The number of anilines is 1. The Morgan fingerprint density at radius 3 is 2.52 bits per heavy atom. The van der Waals surface area contributed by atoms with Crippen LogP contribution in [0.2, 0.25) is 5.02 Å². The number of benzene rings is 2. The fraction of sp³-hybridized carbons (Fsp3) is 0.188. The summed E-state index contributed by atoms with van der Waals surface area (Å²) in [6.07, 6.45) is 0. The largest absolute Gasteiger partial charge is 0.325 e. The van der Waals surface area contributed by atoms with Crippen molar-refractivity contribution in [3.63, 3.8) is 0 Å². The second-order valence-electron chi connectivity index (χ2n) is 5.15. The van der Waals surface area contributed by atoms with Crippen LogP contribution in [-0.4, -0.2) is 20.9 Å². The van der Waals surface area contributed by atoms with Gasteiger partial charge in [0.1, 0.15) is 0 Å². The molecule has 0 aliphatic heterocycles. The number of halogens is 1. The Hall–Kier alpha value is -1.89. The van der Waals surface area contributed by atoms with E-state index in [1.807, 2.05) is 0 Å². The molecule has 0 heterocycles. The monoisotopic (exact) mass is 352 g/mol. The van der Waals surface area contributed by atoms with E-state index < -0.39 is 15.9 Å². The lowest BCUT2D eigenvalue weighted by Gasteiger charge is -2.10. The number of carbonyl (C=O) groups is 1. The third kappa shape index (κ3) is 4.79. The summed E-state index contributed by atoms with van der Waals surface area (Å²) in [7, 11) is -3.72. The van der Waals surface area contributed by atoms with Crippen molar-refractivity contribution in [1.82, 2.24) is 4.72 Å². The third-order valence-electron chi connectivity index (χ3n) is 3.19. The third-order valence-corrected chi connectivity index (χ3v) is 4.82. The molecule has 7 heteroatoms. The summed E-state index contributed by atoms with van der Waals surface area (Å²) < 4.78 is 26.6. The van der Waals surface area contributed by atoms with Crippen LogP contribution in [0.4, 0.5) is 5.69 Å². The standard InChI is InChI=1S/C16H17ClN2O3S/c1-11-4-3-5-14(8-11)23(21,22)18-10-16(20)19-15-7-6-13(17)9-12(15)2/h3-9,18H,10H2,1-2H3,(H,19,20). The molecule has 0 aliphatic rings. The summed E-state index contributed by atoms with van der Waals surface area (Å²) in [5.41, 5.74) is 2.22. The summed E-state index contributed by atoms with van der Waals surface area (Å²) >= 11 is 5.85. The fourth-order valence-corrected chi connectivity index (χ4v) is 3.30. The number of hydrogen-bond donors (Lipinski definition) is 2. The van der Waals surface area contributed by atoms with Crippen LogP contribution in [0.25, 0.3) is 0 Å². The molecule has 0 fully saturated rings. The number of sulfonamides is 1. The van der Waals surface area contributed by atoms with E-state index in [0.717, 1.165) is 11.1 Å². The molecule has 2 rings (SSSR count). The highest BCUT2D eigenvalue weighted by molar-refractivity contribution is 7.89. The average molecular weight is 353 g/mol. The van der Waals surface area contributed by atoms with Gasteiger partial charge in [0.15, 0.2) is 0 Å². The van der Waals surface area contributed by atoms with Gasteiger partial charge in [0.25, 0.3) is 0 Å². The molecule has 0 aliphatic carbocycles. The van der Waals surface area contributed by atoms with E-state index in [9.17, 15) is 13.2 Å². The molecule has 0 radical (unpaired) electrons. The van der Waals surface area contributed by atoms with Crippen LogP contribution in [0.5, 0.6) is 0 Å². The molecule has 0 atom stereocenters. The number of rotatable bonds is 5. The summed E-state index contributed by atoms with van der Waals surface area (Å²) in [6, 6.07) is 11.5. The van der Waals surface area contributed by atoms with Gasteiger partial charge in [-0.05, 0) is 55.3 Å². The molecule has 122 valence electrons. The van der Waals surface area contributed by atoms with Gasteiger partial charge in [0, 0.05) is 10.7 Å². The molecule has 0 saturated heterocycles. The van der Waals surface area contributed by atoms with Crippen molar-refractivity contribution < 1.29 is 13.2 Å². The molecule has 2 aromatic rings. The predicted molar refractivity (Wildman–Crippen MR) is 91.2 cm³/mol. The van der Waals surface area contributed by atoms with E-state index in [2.05, 4.69) is 10.0 Å². The SMILES string of the molecule is Cc1cccc(S(=O)(=O)NCC(=O)Nc2ccc(Cl)cc2C)c1. The lowest BCUT2D eigenvalue weighted by Crippen LogP contribution is -2.33. The molecule has 23 heavy (non-hydrogen) atoms. The van der Waals surface area contributed by atoms with Gasteiger partial charge < -0.3 is 5.32 Å². The van der Waals surface area contributed by atoms with Crippen molar-refractivity contribution in [3.05, 3.63) is 58.6 Å². The maximum atomic E-state index is 12.1. The van der Waals surface area contributed by atoms with Gasteiger partial charge in [-0.25, -0.2) is 13.1 Å². The molecular weight excluding hydrogens is 336 g/mol. The maximum absolute atomic E-state index is 12.1. The molecule has 0 bridgehead atoms. The van der Waals surface area contributed by atoms with Crippen LogP contribution >= 0.6 is 11.6 Å². The lowest BCUT2D eigenvalue weighted by atomic mass is 10.2. The van der Waals surface area contributed by atoms with Crippen LogP contribution in [0.3, 0.4) is 0 Å². The topological polar surface area (TPSA) is 75.3 Å². The van der Waals surface area contributed by atoms with Crippen LogP contribution in [-0.2, 0) is 14.8 Å². The first-order valence-corrected chi connectivity index (χ1v) is 8.76. The average Bonchev–Trinajstić information content (AvgIpc) is 2.48. The Morgan fingerprint density at radius 1 is 1.13 bits per heavy atom. The minimum atomic E-state index is -3.72. The van der Waals surface area contributed by atoms with Gasteiger partial charge in [-0.1, -0.05) is 23.7 Å². The Kier molecular flexibility index (Phi) is 5.41. The molecule has 0 aromatic heterocycles. The van der Waals surface area contributed by atoms with E-state index in [0.29, 0.717) is 10.7 Å². The summed E-state index contributed by atoms with van der Waals surface area (Å²) in [4.78, 5) is 12.1. The van der Waals surface area contributed by atoms with Gasteiger partial charge in [-0.2, -0.15) is 0 Å². The first-order valence-electron chi connectivity index (χ1n) is 6.90. The van der Waals surface area contributed by atoms with Crippen molar-refractivity contribution in [2.75, 3.05) is 11.9 Å². The minimum absolute atomic E-state index is 0.132. The Morgan fingerprint density at radius 2 is 1.87 bits per heavy atom. The number of carbonyl (C=O) groups excluding carboxylic acids is 1. The van der Waals surface area contributed by atoms with Crippen molar-refractivity contribution in [3.8, 4) is 0 Å². The first kappa shape index (κ1) is 17.5. The highest BCUT2D eigenvalue weighted by atomic mass is 35.5. The lowest BCUT2D eigenvalue weighted by molar-refractivity contribution is -0.115. The Labute approximate surface area is 140 Å². The zero-order valence-corrected chi connectivity index (χ0v) is 14.3. The zero-order chi connectivity index (χ0) is 17.0. The van der Waals surface area contributed by atoms with E-state index in [1.165, 1.54) is 6.07 Å². The molecule has 2 N–H and O–H groups in total. The number of aryl methyl sites for hydroxylation is 2. The van der Waals surface area contributed by atoms with Gasteiger partial charge in [0.05, 0.1) is 11.4 Å². The molecule has 0 spiro atoms. The molecule has 5 nitrogen and oxygen atoms in total. The first-order chi connectivity index (χ1) is 10.8. The summed E-state index contributed by atoms with van der Waals surface area (Å²) in [5, 5.41) is 3.22. The second kappa shape index (κ2) is 7.12. The second-order valence-corrected chi connectivity index (χ2v) is 7.35. The predicted octanol–water partition coefficient (Wildman–Crippen LogP) is 2.87. The highest BCUT2D eigenvalue weighted by Crippen LogP contribution is 2.19. The Balaban J connectivity index is 2.01. The zero-order valence-electron chi connectivity index (χ0n) is 12.8. The van der Waals surface area contributed by atoms with E-state index in [1.54, 1.807) is 50.2 Å². The molecular formula is C16H17ClN2O3S. The maximum Gasteiger partial charge on any atom is 0.241 e. The summed E-state index contributed by atoms with van der Waals surface area (Å²) in [6.45, 7) is 3.26. The van der Waals surface area contributed by atoms with E-state index in [4.69, 9.17) is 11.6 Å². The van der Waals surface area contributed by atoms with Crippen molar-refractivity contribution >= 4 is 33.2 Å². The van der Waals surface area contributed by atoms with Crippen molar-refractivity contribution in [2.45, 2.75) is 18.7 Å². The van der Waals surface area contributed by atoms with Gasteiger partial charge in [0.2, 0.25) is 15.9 Å². The smallest absolute Gasteiger partial charge is 0.241 e. The van der Waals surface area contributed by atoms with Crippen LogP contribution < -0.4 is 10.0 Å². The molecule has 2 aromatic carbocycles. The van der Waals surface area contributed by atoms with E-state index in [-0.39, 0.29) is 11.4 Å². The number of amides is 1. The summed E-state index contributed by atoms with van der Waals surface area (Å²) in [5.74, 6) is -0.452. The van der Waals surface area contributed by atoms with Crippen LogP contribution in [0.15, 0.2) is 47.4 Å². The van der Waals surface area contributed by atoms with Gasteiger partial charge in [-0.15, -0.1) is 0 Å². The molecule has 1 amide bonds. The van der Waals surface area contributed by atoms with Crippen molar-refractivity contribution in [1.29, 1.82) is 0 Å². The normalized spacial score (nSPS) is 11.3. The van der Waals surface area contributed by atoms with Crippen LogP contribution in [0, 0.1) is 13.8 Å². The van der Waals surface area contributed by atoms with Gasteiger partial charge in [-0.3, -0.25) is 4.79 Å². The number of nitrogens with one attached hydrogen (secondary N) is 2. The highest BCUT2D eigenvalue weighted by Gasteiger charge is 2.15. The molecule has 0 unspecified atom stereocenters. The Bertz CT molecular complexity index is 835. The van der Waals surface area contributed by atoms with Crippen molar-refractivity contribution in [2.24, 2.45) is 0 Å². The molecule has 0 saturated carbocycles. The minimum Gasteiger partial charge on any atom is -0.325 e. The quantitative estimate of drug-likeness (QED) is 0.868. The van der Waals surface area contributed by atoms with Crippen LogP contribution in [0.1, 0.15) is 11.1 Å².